The van der Waals surface area contributed by atoms with Crippen molar-refractivity contribution in [1.82, 2.24) is 19.5 Å². The summed E-state index contributed by atoms with van der Waals surface area (Å²) in [5.74, 6) is 0.761. The second kappa shape index (κ2) is 6.58. The van der Waals surface area contributed by atoms with Crippen LogP contribution in [0.4, 0.5) is 0 Å². The van der Waals surface area contributed by atoms with Crippen LogP contribution in [0.25, 0.3) is 5.82 Å². The summed E-state index contributed by atoms with van der Waals surface area (Å²) in [7, 11) is -3.23. The Labute approximate surface area is 131 Å². The minimum atomic E-state index is -3.23. The summed E-state index contributed by atoms with van der Waals surface area (Å²) in [6, 6.07) is 5.66. The molecule has 0 saturated carbocycles. The molecule has 6 nitrogen and oxygen atoms in total. The summed E-state index contributed by atoms with van der Waals surface area (Å²) in [4.78, 5) is 4.30. The average Bonchev–Trinajstić information content (AvgIpc) is 2.76. The Hall–Kier alpha value is -1.73. The highest BCUT2D eigenvalue weighted by atomic mass is 32.2. The molecule has 0 amide bonds. The van der Waals surface area contributed by atoms with Gasteiger partial charge in [-0.05, 0) is 51.8 Å². The van der Waals surface area contributed by atoms with Gasteiger partial charge < -0.3 is 0 Å². The van der Waals surface area contributed by atoms with Crippen LogP contribution >= 0.6 is 0 Å². The number of aryl methyl sites for hydroxylation is 1. The smallest absolute Gasteiger partial charge is 0.213 e. The predicted octanol–water partition coefficient (Wildman–Crippen LogP) is 1.75. The van der Waals surface area contributed by atoms with Crippen LogP contribution in [-0.2, 0) is 16.4 Å². The Kier molecular flexibility index (Phi) is 4.97. The molecule has 0 aliphatic heterocycles. The van der Waals surface area contributed by atoms with Gasteiger partial charge in [-0.15, -0.1) is 0 Å². The Morgan fingerprint density at radius 1 is 1.27 bits per heavy atom. The first-order chi connectivity index (χ1) is 10.3. The first-order valence-corrected chi connectivity index (χ1v) is 8.82. The summed E-state index contributed by atoms with van der Waals surface area (Å²) >= 11 is 0. The molecule has 2 rings (SSSR count). The number of hydrogen-bond donors (Lipinski definition) is 1. The lowest BCUT2D eigenvalue weighted by atomic mass is 10.1. The molecule has 120 valence electrons. The number of sulfonamides is 1. The van der Waals surface area contributed by atoms with Crippen molar-refractivity contribution in [3.63, 3.8) is 0 Å². The molecule has 0 aliphatic carbocycles. The van der Waals surface area contributed by atoms with E-state index in [1.807, 2.05) is 32.0 Å². The minimum absolute atomic E-state index is 0.371. The molecule has 0 radical (unpaired) electrons. The summed E-state index contributed by atoms with van der Waals surface area (Å²) < 4.78 is 28.0. The third-order valence-electron chi connectivity index (χ3n) is 3.61. The molecule has 0 unspecified atom stereocenters. The summed E-state index contributed by atoms with van der Waals surface area (Å²) in [5, 5.41) is 4.08. The second-order valence-electron chi connectivity index (χ2n) is 5.49. The van der Waals surface area contributed by atoms with Crippen molar-refractivity contribution in [2.24, 2.45) is 0 Å². The van der Waals surface area contributed by atoms with Crippen molar-refractivity contribution in [3.05, 3.63) is 41.3 Å². The Balaban J connectivity index is 2.15. The van der Waals surface area contributed by atoms with Gasteiger partial charge in [-0.1, -0.05) is 6.07 Å². The van der Waals surface area contributed by atoms with Gasteiger partial charge in [0.05, 0.1) is 10.9 Å². The lowest BCUT2D eigenvalue weighted by Gasteiger charge is -2.09. The number of aromatic nitrogens is 3. The van der Waals surface area contributed by atoms with Crippen LogP contribution in [0.2, 0.25) is 0 Å². The third kappa shape index (κ3) is 3.53. The van der Waals surface area contributed by atoms with E-state index in [1.165, 1.54) is 0 Å². The fourth-order valence-corrected chi connectivity index (χ4v) is 2.94. The summed E-state index contributed by atoms with van der Waals surface area (Å²) in [6.45, 7) is 7.60. The Morgan fingerprint density at radius 3 is 2.59 bits per heavy atom. The number of pyridine rings is 1. The van der Waals surface area contributed by atoms with Gasteiger partial charge in [0.1, 0.15) is 0 Å². The minimum Gasteiger partial charge on any atom is -0.237 e. The summed E-state index contributed by atoms with van der Waals surface area (Å²) in [5.41, 5.74) is 2.93. The fraction of sp³-hybridized carbons (Fsp3) is 0.467. The van der Waals surface area contributed by atoms with Crippen molar-refractivity contribution in [1.29, 1.82) is 0 Å². The lowest BCUT2D eigenvalue weighted by molar-refractivity contribution is 0.572. The van der Waals surface area contributed by atoms with E-state index in [-0.39, 0.29) is 0 Å². The molecule has 0 saturated heterocycles. The molecule has 0 aliphatic rings. The third-order valence-corrected chi connectivity index (χ3v) is 5.45. The SMILES string of the molecule is Cc1nn(-c2ccccn2)c(C)c1CCNS(=O)(=O)C(C)C. The second-order valence-corrected chi connectivity index (χ2v) is 7.81. The molecule has 0 bridgehead atoms. The molecule has 0 fully saturated rings. The van der Waals surface area contributed by atoms with E-state index >= 15 is 0 Å². The highest BCUT2D eigenvalue weighted by molar-refractivity contribution is 7.90. The molecule has 2 heterocycles. The molecule has 0 aromatic carbocycles. The van der Waals surface area contributed by atoms with Gasteiger partial charge in [0.15, 0.2) is 5.82 Å². The van der Waals surface area contributed by atoms with Gasteiger partial charge in [0.25, 0.3) is 0 Å². The molecule has 2 aromatic heterocycles. The zero-order valence-electron chi connectivity index (χ0n) is 13.4. The van der Waals surface area contributed by atoms with Gasteiger partial charge in [-0.3, -0.25) is 0 Å². The van der Waals surface area contributed by atoms with E-state index < -0.39 is 15.3 Å². The van der Waals surface area contributed by atoms with E-state index in [9.17, 15) is 8.42 Å². The molecule has 22 heavy (non-hydrogen) atoms. The van der Waals surface area contributed by atoms with Crippen LogP contribution in [0, 0.1) is 13.8 Å². The first-order valence-electron chi connectivity index (χ1n) is 7.28. The molecule has 7 heteroatoms. The molecule has 0 atom stereocenters. The molecular weight excluding hydrogens is 300 g/mol. The predicted molar refractivity (Wildman–Crippen MR) is 86.6 cm³/mol. The first kappa shape index (κ1) is 16.6. The van der Waals surface area contributed by atoms with Crippen molar-refractivity contribution in [2.45, 2.75) is 39.4 Å². The number of nitrogens with one attached hydrogen (secondary N) is 1. The van der Waals surface area contributed by atoms with Crippen LogP contribution < -0.4 is 4.72 Å². The maximum atomic E-state index is 11.8. The van der Waals surface area contributed by atoms with Crippen molar-refractivity contribution < 1.29 is 8.42 Å². The monoisotopic (exact) mass is 322 g/mol. The Morgan fingerprint density at radius 2 is 2.00 bits per heavy atom. The Bertz CT molecular complexity index is 736. The van der Waals surface area contributed by atoms with Crippen molar-refractivity contribution >= 4 is 10.0 Å². The topological polar surface area (TPSA) is 76.9 Å². The van der Waals surface area contributed by atoms with E-state index in [4.69, 9.17) is 0 Å². The average molecular weight is 322 g/mol. The molecule has 0 spiro atoms. The zero-order valence-corrected chi connectivity index (χ0v) is 14.2. The normalized spacial score (nSPS) is 12.0. The largest absolute Gasteiger partial charge is 0.237 e. The van der Waals surface area contributed by atoms with Crippen LogP contribution in [0.5, 0.6) is 0 Å². The van der Waals surface area contributed by atoms with E-state index in [2.05, 4.69) is 14.8 Å². The van der Waals surface area contributed by atoms with Gasteiger partial charge >= 0.3 is 0 Å². The van der Waals surface area contributed by atoms with Crippen LogP contribution in [0.3, 0.4) is 0 Å². The lowest BCUT2D eigenvalue weighted by Crippen LogP contribution is -2.32. The number of rotatable bonds is 6. The quantitative estimate of drug-likeness (QED) is 0.879. The van der Waals surface area contributed by atoms with Gasteiger partial charge in [-0.2, -0.15) is 5.10 Å². The van der Waals surface area contributed by atoms with Crippen LogP contribution in [0.15, 0.2) is 24.4 Å². The van der Waals surface area contributed by atoms with Crippen LogP contribution in [0.1, 0.15) is 30.8 Å². The molecule has 2 aromatic rings. The van der Waals surface area contributed by atoms with E-state index in [1.54, 1.807) is 24.7 Å². The van der Waals surface area contributed by atoms with Gasteiger partial charge in [0, 0.05) is 18.4 Å². The zero-order chi connectivity index (χ0) is 16.3. The van der Waals surface area contributed by atoms with E-state index in [0.717, 1.165) is 22.8 Å². The molecular formula is C15H22N4O2S. The van der Waals surface area contributed by atoms with Gasteiger partial charge in [0.2, 0.25) is 10.0 Å². The van der Waals surface area contributed by atoms with Crippen molar-refractivity contribution in [2.75, 3.05) is 6.54 Å². The van der Waals surface area contributed by atoms with Crippen LogP contribution in [-0.4, -0.2) is 35.0 Å². The summed E-state index contributed by atoms with van der Waals surface area (Å²) in [6.07, 6.45) is 2.33. The van der Waals surface area contributed by atoms with Crippen molar-refractivity contribution in [3.8, 4) is 5.82 Å². The standard InChI is InChI=1S/C15H22N4O2S/c1-11(2)22(20,21)17-10-8-14-12(3)18-19(13(14)4)15-7-5-6-9-16-15/h5-7,9,11,17H,8,10H2,1-4H3. The van der Waals surface area contributed by atoms with Gasteiger partial charge in [-0.25, -0.2) is 22.8 Å². The fourth-order valence-electron chi connectivity index (χ4n) is 2.22. The molecule has 1 N–H and O–H groups in total. The highest BCUT2D eigenvalue weighted by Crippen LogP contribution is 2.17. The van der Waals surface area contributed by atoms with E-state index in [0.29, 0.717) is 13.0 Å². The number of hydrogen-bond acceptors (Lipinski definition) is 4. The number of nitrogens with zero attached hydrogens (tertiary/aromatic N) is 3. The maximum Gasteiger partial charge on any atom is 0.213 e. The highest BCUT2D eigenvalue weighted by Gasteiger charge is 2.17. The maximum absolute atomic E-state index is 11.8.